The zero-order chi connectivity index (χ0) is 12.7. The Labute approximate surface area is 103 Å². The van der Waals surface area contributed by atoms with E-state index < -0.39 is 0 Å². The van der Waals surface area contributed by atoms with Gasteiger partial charge in [-0.05, 0) is 19.8 Å². The first kappa shape index (κ1) is 14.1. The molecule has 5 nitrogen and oxygen atoms in total. The van der Waals surface area contributed by atoms with Crippen molar-refractivity contribution in [1.29, 1.82) is 0 Å². The first-order chi connectivity index (χ1) is 8.22. The highest BCUT2D eigenvalue weighted by atomic mass is 16.5. The summed E-state index contributed by atoms with van der Waals surface area (Å²) in [5.41, 5.74) is 5.93. The average Bonchev–Trinajstić information content (AvgIpc) is 2.78. The van der Waals surface area contributed by atoms with Crippen molar-refractivity contribution in [3.63, 3.8) is 0 Å². The van der Waals surface area contributed by atoms with Crippen LogP contribution in [-0.2, 0) is 4.74 Å². The molecule has 0 fully saturated rings. The molecule has 0 saturated heterocycles. The topological polar surface area (TPSA) is 74.2 Å². The minimum absolute atomic E-state index is 0.0728. The van der Waals surface area contributed by atoms with Crippen molar-refractivity contribution in [2.45, 2.75) is 58.6 Å². The number of nitrogens with two attached hydrogens (primary N) is 1. The van der Waals surface area contributed by atoms with E-state index in [-0.39, 0.29) is 12.1 Å². The summed E-state index contributed by atoms with van der Waals surface area (Å²) in [6, 6.07) is -0.162. The van der Waals surface area contributed by atoms with Crippen molar-refractivity contribution in [2.24, 2.45) is 5.73 Å². The number of hydrogen-bond acceptors (Lipinski definition) is 5. The van der Waals surface area contributed by atoms with Gasteiger partial charge in [0.15, 0.2) is 0 Å². The molecule has 0 bridgehead atoms. The Bertz CT molecular complexity index is 308. The molecular weight excluding hydrogens is 218 g/mol. The Morgan fingerprint density at radius 1 is 1.24 bits per heavy atom. The van der Waals surface area contributed by atoms with Gasteiger partial charge < -0.3 is 15.0 Å². The average molecular weight is 241 g/mol. The predicted octanol–water partition coefficient (Wildman–Crippen LogP) is 2.75. The third-order valence-corrected chi connectivity index (χ3v) is 2.58. The minimum atomic E-state index is -0.162. The fourth-order valence-corrected chi connectivity index (χ4v) is 1.71. The molecule has 1 heterocycles. The first-order valence-electron chi connectivity index (χ1n) is 6.43. The highest BCUT2D eigenvalue weighted by Crippen LogP contribution is 2.22. The van der Waals surface area contributed by atoms with Crippen molar-refractivity contribution in [1.82, 2.24) is 10.1 Å². The van der Waals surface area contributed by atoms with Gasteiger partial charge >= 0.3 is 0 Å². The molecule has 1 rings (SSSR count). The summed E-state index contributed by atoms with van der Waals surface area (Å²) in [4.78, 5) is 4.34. The lowest BCUT2D eigenvalue weighted by Gasteiger charge is -2.11. The molecule has 0 radical (unpaired) electrons. The zero-order valence-electron chi connectivity index (χ0n) is 11.0. The molecule has 0 aromatic carbocycles. The normalized spacial score (nSPS) is 14.8. The van der Waals surface area contributed by atoms with Gasteiger partial charge in [0.1, 0.15) is 6.10 Å². The quantitative estimate of drug-likeness (QED) is 0.757. The van der Waals surface area contributed by atoms with Crippen LogP contribution in [0.2, 0.25) is 0 Å². The van der Waals surface area contributed by atoms with Crippen LogP contribution >= 0.6 is 0 Å². The van der Waals surface area contributed by atoms with Gasteiger partial charge in [-0.2, -0.15) is 4.98 Å². The van der Waals surface area contributed by atoms with Gasteiger partial charge in [0.2, 0.25) is 11.7 Å². The van der Waals surface area contributed by atoms with Crippen molar-refractivity contribution in [3.8, 4) is 0 Å². The number of ether oxygens (including phenoxy) is 1. The number of aromatic nitrogens is 2. The van der Waals surface area contributed by atoms with E-state index >= 15 is 0 Å². The molecule has 1 aromatic heterocycles. The van der Waals surface area contributed by atoms with Crippen LogP contribution in [0.3, 0.4) is 0 Å². The van der Waals surface area contributed by atoms with Gasteiger partial charge in [0.05, 0.1) is 6.04 Å². The standard InChI is InChI=1S/C12H23N3O2/c1-4-7-9(13)12-14-11(15-17-12)10(8-5-2)16-6-3/h9-10H,4-8,13H2,1-3H3/t9-,10?/m0/s1. The SMILES string of the molecule is CCCC(OCC)c1noc([C@@H](N)CCC)n1. The van der Waals surface area contributed by atoms with Crippen LogP contribution in [0.1, 0.15) is 70.3 Å². The van der Waals surface area contributed by atoms with Crippen LogP contribution < -0.4 is 5.73 Å². The Balaban J connectivity index is 2.69. The fourth-order valence-electron chi connectivity index (χ4n) is 1.71. The number of hydrogen-bond donors (Lipinski definition) is 1. The van der Waals surface area contributed by atoms with Gasteiger partial charge in [-0.3, -0.25) is 0 Å². The fraction of sp³-hybridized carbons (Fsp3) is 0.833. The lowest BCUT2D eigenvalue weighted by atomic mass is 10.2. The molecule has 0 aliphatic heterocycles. The smallest absolute Gasteiger partial charge is 0.243 e. The molecule has 5 heteroatoms. The maximum Gasteiger partial charge on any atom is 0.243 e. The second-order valence-electron chi connectivity index (χ2n) is 4.12. The summed E-state index contributed by atoms with van der Waals surface area (Å²) in [5, 5.41) is 3.97. The van der Waals surface area contributed by atoms with E-state index in [1.54, 1.807) is 0 Å². The van der Waals surface area contributed by atoms with Crippen LogP contribution in [0, 0.1) is 0 Å². The van der Waals surface area contributed by atoms with Crippen molar-refractivity contribution in [3.05, 3.63) is 11.7 Å². The molecule has 0 aliphatic carbocycles. The van der Waals surface area contributed by atoms with Gasteiger partial charge in [0.25, 0.3) is 0 Å². The second-order valence-corrected chi connectivity index (χ2v) is 4.12. The number of nitrogens with zero attached hydrogens (tertiary/aromatic N) is 2. The highest BCUT2D eigenvalue weighted by molar-refractivity contribution is 4.95. The first-order valence-corrected chi connectivity index (χ1v) is 6.43. The van der Waals surface area contributed by atoms with Crippen LogP contribution in [0.4, 0.5) is 0 Å². The lowest BCUT2D eigenvalue weighted by Crippen LogP contribution is -2.11. The van der Waals surface area contributed by atoms with Crippen molar-refractivity contribution >= 4 is 0 Å². The van der Waals surface area contributed by atoms with Crippen molar-refractivity contribution < 1.29 is 9.26 Å². The second kappa shape index (κ2) is 7.40. The van der Waals surface area contributed by atoms with E-state index in [2.05, 4.69) is 24.0 Å². The summed E-state index contributed by atoms with van der Waals surface area (Å²) in [6.07, 6.45) is 3.71. The molecule has 0 spiro atoms. The molecule has 1 unspecified atom stereocenters. The predicted molar refractivity (Wildman–Crippen MR) is 65.4 cm³/mol. The molecule has 0 saturated carbocycles. The molecule has 2 atom stereocenters. The van der Waals surface area contributed by atoms with Gasteiger partial charge in [-0.1, -0.05) is 31.8 Å². The molecule has 2 N–H and O–H groups in total. The third-order valence-electron chi connectivity index (χ3n) is 2.58. The van der Waals surface area contributed by atoms with E-state index in [1.807, 2.05) is 6.92 Å². The molecule has 98 valence electrons. The van der Waals surface area contributed by atoms with E-state index in [9.17, 15) is 0 Å². The van der Waals surface area contributed by atoms with Gasteiger partial charge in [0, 0.05) is 6.61 Å². The maximum atomic E-state index is 5.93. The molecule has 0 aliphatic rings. The molecule has 0 amide bonds. The maximum absolute atomic E-state index is 5.93. The zero-order valence-corrected chi connectivity index (χ0v) is 11.0. The van der Waals surface area contributed by atoms with E-state index in [1.165, 1.54) is 0 Å². The monoisotopic (exact) mass is 241 g/mol. The Morgan fingerprint density at radius 2 is 1.94 bits per heavy atom. The minimum Gasteiger partial charge on any atom is -0.370 e. The lowest BCUT2D eigenvalue weighted by molar-refractivity contribution is 0.0477. The van der Waals surface area contributed by atoms with Crippen LogP contribution in [0.25, 0.3) is 0 Å². The summed E-state index contributed by atoms with van der Waals surface area (Å²) in [6.45, 7) is 6.80. The molecule has 17 heavy (non-hydrogen) atoms. The highest BCUT2D eigenvalue weighted by Gasteiger charge is 2.20. The van der Waals surface area contributed by atoms with E-state index in [0.29, 0.717) is 18.3 Å². The van der Waals surface area contributed by atoms with Crippen LogP contribution in [-0.4, -0.2) is 16.7 Å². The largest absolute Gasteiger partial charge is 0.370 e. The Morgan fingerprint density at radius 3 is 2.53 bits per heavy atom. The Kier molecular flexibility index (Phi) is 6.15. The third kappa shape index (κ3) is 4.09. The van der Waals surface area contributed by atoms with Crippen LogP contribution in [0.15, 0.2) is 4.52 Å². The van der Waals surface area contributed by atoms with E-state index in [4.69, 9.17) is 15.0 Å². The molecular formula is C12H23N3O2. The number of rotatable bonds is 8. The van der Waals surface area contributed by atoms with Gasteiger partial charge in [-0.25, -0.2) is 0 Å². The summed E-state index contributed by atoms with van der Waals surface area (Å²) >= 11 is 0. The van der Waals surface area contributed by atoms with Gasteiger partial charge in [-0.15, -0.1) is 0 Å². The van der Waals surface area contributed by atoms with E-state index in [0.717, 1.165) is 25.7 Å². The summed E-state index contributed by atoms with van der Waals surface area (Å²) in [5.74, 6) is 1.14. The Hall–Kier alpha value is -0.940. The van der Waals surface area contributed by atoms with Crippen molar-refractivity contribution in [2.75, 3.05) is 6.61 Å². The summed E-state index contributed by atoms with van der Waals surface area (Å²) in [7, 11) is 0. The van der Waals surface area contributed by atoms with Crippen LogP contribution in [0.5, 0.6) is 0 Å². The molecule has 1 aromatic rings. The summed E-state index contributed by atoms with van der Waals surface area (Å²) < 4.78 is 10.8.